The Bertz CT molecular complexity index is 1230. The van der Waals surface area contributed by atoms with Crippen LogP contribution < -0.4 is 5.43 Å². The Hall–Kier alpha value is -2.93. The molecule has 174 valence electrons. The second kappa shape index (κ2) is 7.55. The Morgan fingerprint density at radius 1 is 1.30 bits per heavy atom. The third kappa shape index (κ3) is 3.50. The Kier molecular flexibility index (Phi) is 5.01. The molecular formula is C26H28F2N2O3. The summed E-state index contributed by atoms with van der Waals surface area (Å²) in [6.45, 7) is 12.5. The van der Waals surface area contributed by atoms with E-state index < -0.39 is 22.5 Å². The molecule has 1 N–H and O–H groups in total. The molecule has 5 nitrogen and oxygen atoms in total. The molecule has 33 heavy (non-hydrogen) atoms. The largest absolute Gasteiger partial charge is 0.503 e. The van der Waals surface area contributed by atoms with Gasteiger partial charge in [-0.2, -0.15) is 0 Å². The van der Waals surface area contributed by atoms with Gasteiger partial charge in [0.1, 0.15) is 23.6 Å². The Morgan fingerprint density at radius 2 is 2.06 bits per heavy atom. The van der Waals surface area contributed by atoms with Crippen LogP contribution in [-0.2, 0) is 17.7 Å². The number of benzene rings is 1. The number of aromatic hydroxyl groups is 1. The van der Waals surface area contributed by atoms with Gasteiger partial charge < -0.3 is 19.3 Å². The molecule has 2 aliphatic heterocycles. The number of allylic oxidation sites excluding steroid dienone is 1. The van der Waals surface area contributed by atoms with E-state index in [1.165, 1.54) is 12.1 Å². The van der Waals surface area contributed by atoms with E-state index >= 15 is 0 Å². The van der Waals surface area contributed by atoms with E-state index in [1.54, 1.807) is 6.20 Å². The molecule has 1 aliphatic carbocycles. The standard InChI is InChI=1S/C26H28F2N2O3/c1-14(26(3,4)11-16-5-6-17(27)9-21(16)28)20-12-29-13-22-30(18-7-8-19(10-18)33-22)15(2)23(29)25(32)24(20)31/h5-6,9,12,18-19,22,32H,1-2,7-8,10-11,13H2,3-4H3/t18-,19+,22+/m1/s1. The number of rotatable bonds is 4. The predicted octanol–water partition coefficient (Wildman–Crippen LogP) is 4.68. The van der Waals surface area contributed by atoms with Gasteiger partial charge in [-0.15, -0.1) is 0 Å². The molecule has 0 amide bonds. The predicted molar refractivity (Wildman–Crippen MR) is 122 cm³/mol. The number of ether oxygens (including phenoxy) is 1. The second-order valence-corrected chi connectivity index (χ2v) is 10.0. The average Bonchev–Trinajstić information content (AvgIpc) is 3.12. The fourth-order valence-electron chi connectivity index (χ4n) is 5.56. The number of hydrogen-bond acceptors (Lipinski definition) is 4. The normalized spacial score (nSPS) is 23.9. The molecule has 0 unspecified atom stereocenters. The zero-order valence-electron chi connectivity index (χ0n) is 18.9. The third-order valence-electron chi connectivity index (χ3n) is 7.39. The molecule has 1 saturated carbocycles. The van der Waals surface area contributed by atoms with Gasteiger partial charge in [-0.05, 0) is 48.3 Å². The minimum absolute atomic E-state index is 0.194. The molecule has 1 aromatic carbocycles. The van der Waals surface area contributed by atoms with E-state index in [2.05, 4.69) is 18.1 Å². The van der Waals surface area contributed by atoms with Crippen molar-refractivity contribution in [1.82, 2.24) is 9.47 Å². The summed E-state index contributed by atoms with van der Waals surface area (Å²) in [6.07, 6.45) is 4.90. The maximum absolute atomic E-state index is 14.3. The van der Waals surface area contributed by atoms with Crippen LogP contribution >= 0.6 is 0 Å². The van der Waals surface area contributed by atoms with E-state index in [9.17, 15) is 18.7 Å². The van der Waals surface area contributed by atoms with Crippen molar-refractivity contribution in [3.8, 4) is 5.75 Å². The van der Waals surface area contributed by atoms with Gasteiger partial charge in [-0.25, -0.2) is 8.78 Å². The minimum atomic E-state index is -0.725. The van der Waals surface area contributed by atoms with Crippen LogP contribution in [0.2, 0.25) is 0 Å². The average molecular weight is 455 g/mol. The zero-order valence-corrected chi connectivity index (χ0v) is 18.9. The van der Waals surface area contributed by atoms with Crippen molar-refractivity contribution in [3.63, 3.8) is 0 Å². The number of pyridine rings is 1. The molecule has 2 fully saturated rings. The summed E-state index contributed by atoms with van der Waals surface area (Å²) in [7, 11) is 0. The summed E-state index contributed by atoms with van der Waals surface area (Å²) in [6, 6.07) is 3.78. The molecule has 2 aromatic rings. The Balaban J connectivity index is 1.50. The summed E-state index contributed by atoms with van der Waals surface area (Å²) in [5.41, 5.74) is 0.820. The smallest absolute Gasteiger partial charge is 0.231 e. The lowest BCUT2D eigenvalue weighted by molar-refractivity contribution is -0.125. The number of aromatic nitrogens is 1. The van der Waals surface area contributed by atoms with Crippen LogP contribution in [0.1, 0.15) is 49.9 Å². The maximum Gasteiger partial charge on any atom is 0.231 e. The van der Waals surface area contributed by atoms with Gasteiger partial charge in [-0.3, -0.25) is 4.79 Å². The van der Waals surface area contributed by atoms with E-state index in [0.717, 1.165) is 25.3 Å². The molecule has 3 aliphatic rings. The van der Waals surface area contributed by atoms with Crippen LogP contribution in [0.3, 0.4) is 0 Å². The molecule has 2 bridgehead atoms. The van der Waals surface area contributed by atoms with Gasteiger partial charge in [0.15, 0.2) is 5.75 Å². The van der Waals surface area contributed by atoms with Crippen LogP contribution in [0.25, 0.3) is 11.3 Å². The molecule has 3 heterocycles. The monoisotopic (exact) mass is 454 g/mol. The molecule has 7 heteroatoms. The van der Waals surface area contributed by atoms with Crippen molar-refractivity contribution in [2.24, 2.45) is 5.41 Å². The van der Waals surface area contributed by atoms with Gasteiger partial charge >= 0.3 is 0 Å². The van der Waals surface area contributed by atoms with Crippen molar-refractivity contribution >= 4 is 11.3 Å². The van der Waals surface area contributed by atoms with Crippen molar-refractivity contribution in [3.05, 3.63) is 76.2 Å². The van der Waals surface area contributed by atoms with Gasteiger partial charge in [0.05, 0.1) is 18.3 Å². The van der Waals surface area contributed by atoms with Crippen LogP contribution in [0.5, 0.6) is 5.75 Å². The summed E-state index contributed by atoms with van der Waals surface area (Å²) >= 11 is 0. The molecule has 0 spiro atoms. The molecular weight excluding hydrogens is 426 g/mol. The second-order valence-electron chi connectivity index (χ2n) is 10.0. The van der Waals surface area contributed by atoms with Crippen LogP contribution in [0.4, 0.5) is 8.78 Å². The van der Waals surface area contributed by atoms with E-state index in [1.807, 2.05) is 18.4 Å². The molecule has 0 radical (unpaired) electrons. The molecule has 3 atom stereocenters. The summed E-state index contributed by atoms with van der Waals surface area (Å²) < 4.78 is 35.7. The van der Waals surface area contributed by atoms with Crippen molar-refractivity contribution < 1.29 is 18.6 Å². The highest BCUT2D eigenvalue weighted by Gasteiger charge is 2.45. The fraction of sp³-hybridized carbons (Fsp3) is 0.423. The first kappa shape index (κ1) is 21.9. The number of fused-ring (bicyclic) bond motifs is 5. The van der Waals surface area contributed by atoms with E-state index in [-0.39, 0.29) is 30.1 Å². The number of halogens is 2. The Morgan fingerprint density at radius 3 is 2.79 bits per heavy atom. The van der Waals surface area contributed by atoms with Gasteiger partial charge in [0.2, 0.25) is 5.43 Å². The van der Waals surface area contributed by atoms with Crippen LogP contribution in [-0.4, -0.2) is 32.9 Å². The molecule has 1 saturated heterocycles. The number of nitrogens with zero attached hydrogens (tertiary/aromatic N) is 2. The van der Waals surface area contributed by atoms with Gasteiger partial charge in [0, 0.05) is 23.9 Å². The third-order valence-corrected chi connectivity index (χ3v) is 7.39. The lowest BCUT2D eigenvalue weighted by Gasteiger charge is -2.47. The number of hydrogen-bond donors (Lipinski definition) is 1. The highest BCUT2D eigenvalue weighted by molar-refractivity contribution is 5.73. The fourth-order valence-corrected chi connectivity index (χ4v) is 5.56. The lowest BCUT2D eigenvalue weighted by atomic mass is 9.76. The van der Waals surface area contributed by atoms with Gasteiger partial charge in [0.25, 0.3) is 0 Å². The zero-order chi connectivity index (χ0) is 23.7. The minimum Gasteiger partial charge on any atom is -0.503 e. The van der Waals surface area contributed by atoms with E-state index in [0.29, 0.717) is 35.1 Å². The lowest BCUT2D eigenvalue weighted by Crippen LogP contribution is -2.52. The maximum atomic E-state index is 14.3. The SMILES string of the molecule is C=C1c2c(O)c(=O)c(C(=C)C(C)(C)Cc3ccc(F)cc3F)cn2C[C@@H]2O[C@H]3CC[C@H](C3)N12. The highest BCUT2D eigenvalue weighted by atomic mass is 19.1. The first-order valence-electron chi connectivity index (χ1n) is 11.3. The van der Waals surface area contributed by atoms with Crippen molar-refractivity contribution in [2.45, 2.75) is 64.4 Å². The summed E-state index contributed by atoms with van der Waals surface area (Å²) in [4.78, 5) is 15.3. The van der Waals surface area contributed by atoms with Crippen molar-refractivity contribution in [2.75, 3.05) is 0 Å². The Labute approximate surface area is 191 Å². The topological polar surface area (TPSA) is 54.7 Å². The highest BCUT2D eigenvalue weighted by Crippen LogP contribution is 2.44. The van der Waals surface area contributed by atoms with E-state index in [4.69, 9.17) is 4.74 Å². The summed E-state index contributed by atoms with van der Waals surface area (Å²) in [5, 5.41) is 10.9. The molecule has 1 aromatic heterocycles. The quantitative estimate of drug-likeness (QED) is 0.729. The van der Waals surface area contributed by atoms with Crippen molar-refractivity contribution in [1.29, 1.82) is 0 Å². The van der Waals surface area contributed by atoms with Crippen LogP contribution in [0.15, 0.2) is 42.3 Å². The first-order chi connectivity index (χ1) is 15.6. The van der Waals surface area contributed by atoms with Gasteiger partial charge in [-0.1, -0.05) is 33.1 Å². The summed E-state index contributed by atoms with van der Waals surface area (Å²) in [5.74, 6) is -1.64. The van der Waals surface area contributed by atoms with Crippen LogP contribution in [0, 0.1) is 17.0 Å². The molecule has 5 rings (SSSR count). The first-order valence-corrected chi connectivity index (χ1v) is 11.3.